The van der Waals surface area contributed by atoms with Gasteiger partial charge in [0, 0.05) is 12.4 Å². The normalized spacial score (nSPS) is 13.3. The average Bonchev–Trinajstić information content (AvgIpc) is 2.31. The molecule has 1 unspecified atom stereocenters. The number of halogens is 1. The Bertz CT molecular complexity index is 470. The van der Waals surface area contributed by atoms with Crippen molar-refractivity contribution < 1.29 is 8.42 Å². The van der Waals surface area contributed by atoms with Crippen LogP contribution in [0, 0.1) is 12.8 Å². The molecule has 18 heavy (non-hydrogen) atoms. The van der Waals surface area contributed by atoms with Gasteiger partial charge in [-0.15, -0.1) is 11.6 Å². The van der Waals surface area contributed by atoms with Crippen LogP contribution >= 0.6 is 11.6 Å². The Morgan fingerprint density at radius 3 is 2.28 bits per heavy atom. The van der Waals surface area contributed by atoms with E-state index in [1.807, 2.05) is 45.0 Å². The van der Waals surface area contributed by atoms with Crippen LogP contribution in [0.1, 0.15) is 19.4 Å². The number of aryl methyl sites for hydroxylation is 1. The van der Waals surface area contributed by atoms with Crippen LogP contribution < -0.4 is 4.31 Å². The van der Waals surface area contributed by atoms with Crippen LogP contribution in [0.2, 0.25) is 0 Å². The predicted molar refractivity (Wildman–Crippen MR) is 77.9 cm³/mol. The monoisotopic (exact) mass is 289 g/mol. The second kappa shape index (κ2) is 6.43. The number of hydrogen-bond acceptors (Lipinski definition) is 2. The van der Waals surface area contributed by atoms with E-state index >= 15 is 0 Å². The van der Waals surface area contributed by atoms with E-state index in [1.54, 1.807) is 0 Å². The van der Waals surface area contributed by atoms with E-state index in [9.17, 15) is 8.42 Å². The van der Waals surface area contributed by atoms with Crippen LogP contribution in [0.4, 0.5) is 5.69 Å². The third-order valence-electron chi connectivity index (χ3n) is 2.70. The fourth-order valence-electron chi connectivity index (χ4n) is 1.74. The molecule has 0 aliphatic heterocycles. The molecule has 0 aromatic heterocycles. The number of hydrogen-bond donors (Lipinski definition) is 0. The van der Waals surface area contributed by atoms with Crippen LogP contribution in [-0.4, -0.2) is 26.6 Å². The van der Waals surface area contributed by atoms with Crippen molar-refractivity contribution in [3.63, 3.8) is 0 Å². The zero-order chi connectivity index (χ0) is 13.8. The summed E-state index contributed by atoms with van der Waals surface area (Å²) in [5.74, 6) is 0.388. The molecule has 0 bridgehead atoms. The number of nitrogens with zero attached hydrogens (tertiary/aromatic N) is 1. The van der Waals surface area contributed by atoms with Crippen molar-refractivity contribution in [1.82, 2.24) is 0 Å². The molecule has 102 valence electrons. The molecule has 1 aromatic rings. The molecule has 1 rings (SSSR count). The quantitative estimate of drug-likeness (QED) is 0.755. The second-order valence-electron chi connectivity index (χ2n) is 4.54. The fraction of sp³-hybridized carbons (Fsp3) is 0.538. The molecular weight excluding hydrogens is 270 g/mol. The summed E-state index contributed by atoms with van der Waals surface area (Å²) in [7, 11) is -3.30. The summed E-state index contributed by atoms with van der Waals surface area (Å²) in [5, 5.41) is 0. The molecule has 5 heteroatoms. The Hall–Kier alpha value is -0.740. The molecule has 0 aliphatic rings. The molecule has 0 aliphatic carbocycles. The lowest BCUT2D eigenvalue weighted by molar-refractivity contribution is 0.579. The molecule has 0 amide bonds. The molecule has 3 nitrogen and oxygen atoms in total. The van der Waals surface area contributed by atoms with E-state index in [0.717, 1.165) is 5.56 Å². The van der Waals surface area contributed by atoms with Gasteiger partial charge in [0.05, 0.1) is 11.4 Å². The summed E-state index contributed by atoms with van der Waals surface area (Å²) < 4.78 is 26.0. The molecule has 0 spiro atoms. The minimum absolute atomic E-state index is 0.0452. The number of rotatable bonds is 6. The van der Waals surface area contributed by atoms with Gasteiger partial charge < -0.3 is 0 Å². The Morgan fingerprint density at radius 1 is 1.28 bits per heavy atom. The number of benzene rings is 1. The maximum absolute atomic E-state index is 12.3. The average molecular weight is 290 g/mol. The third kappa shape index (κ3) is 3.89. The first-order chi connectivity index (χ1) is 8.40. The molecule has 0 fully saturated rings. The van der Waals surface area contributed by atoms with Gasteiger partial charge in [-0.3, -0.25) is 4.31 Å². The van der Waals surface area contributed by atoms with Crippen LogP contribution in [0.15, 0.2) is 24.3 Å². The van der Waals surface area contributed by atoms with Gasteiger partial charge in [-0.1, -0.05) is 24.6 Å². The molecule has 0 saturated heterocycles. The van der Waals surface area contributed by atoms with Crippen molar-refractivity contribution in [3.05, 3.63) is 29.8 Å². The van der Waals surface area contributed by atoms with E-state index in [-0.39, 0.29) is 11.7 Å². The first-order valence-corrected chi connectivity index (χ1v) is 8.18. The standard InChI is InChI=1S/C13H20ClNO2S/c1-4-15(13-7-5-11(2)6-8-13)18(16,17)10-12(3)9-14/h5-8,12H,4,9-10H2,1-3H3. The van der Waals surface area contributed by atoms with Crippen molar-refractivity contribution in [2.75, 3.05) is 22.5 Å². The summed E-state index contributed by atoms with van der Waals surface area (Å²) in [4.78, 5) is 0. The molecule has 0 N–H and O–H groups in total. The van der Waals surface area contributed by atoms with E-state index in [4.69, 9.17) is 11.6 Å². The maximum Gasteiger partial charge on any atom is 0.235 e. The third-order valence-corrected chi connectivity index (χ3v) is 5.36. The van der Waals surface area contributed by atoms with Gasteiger partial charge in [-0.05, 0) is 31.9 Å². The predicted octanol–water partition coefficient (Wildman–Crippen LogP) is 3.03. The summed E-state index contributed by atoms with van der Waals surface area (Å²) in [6.45, 7) is 6.08. The van der Waals surface area contributed by atoms with Crippen molar-refractivity contribution >= 4 is 27.3 Å². The Kier molecular flexibility index (Phi) is 5.47. The van der Waals surface area contributed by atoms with E-state index in [0.29, 0.717) is 18.1 Å². The summed E-state index contributed by atoms with van der Waals surface area (Å²) in [5.41, 5.74) is 1.83. The Labute approximate surface area is 115 Å². The maximum atomic E-state index is 12.3. The Balaban J connectivity index is 2.99. The van der Waals surface area contributed by atoms with Crippen LogP contribution in [0.3, 0.4) is 0 Å². The SMILES string of the molecule is CCN(c1ccc(C)cc1)S(=O)(=O)CC(C)CCl. The van der Waals surface area contributed by atoms with Gasteiger partial charge >= 0.3 is 0 Å². The lowest BCUT2D eigenvalue weighted by Crippen LogP contribution is -2.35. The first kappa shape index (κ1) is 15.3. The lowest BCUT2D eigenvalue weighted by Gasteiger charge is -2.24. The molecule has 0 radical (unpaired) electrons. The largest absolute Gasteiger partial charge is 0.271 e. The summed E-state index contributed by atoms with van der Waals surface area (Å²) in [6.07, 6.45) is 0. The van der Waals surface area contributed by atoms with Gasteiger partial charge in [0.2, 0.25) is 10.0 Å². The first-order valence-electron chi connectivity index (χ1n) is 6.03. The van der Waals surface area contributed by atoms with E-state index in [2.05, 4.69) is 0 Å². The fourth-order valence-corrected chi connectivity index (χ4v) is 3.84. The van der Waals surface area contributed by atoms with Crippen LogP contribution in [-0.2, 0) is 10.0 Å². The van der Waals surface area contributed by atoms with Gasteiger partial charge in [0.1, 0.15) is 0 Å². The van der Waals surface area contributed by atoms with Gasteiger partial charge in [0.25, 0.3) is 0 Å². The Morgan fingerprint density at radius 2 is 1.83 bits per heavy atom. The van der Waals surface area contributed by atoms with Gasteiger partial charge in [-0.2, -0.15) is 0 Å². The van der Waals surface area contributed by atoms with Crippen molar-refractivity contribution in [1.29, 1.82) is 0 Å². The number of alkyl halides is 1. The minimum atomic E-state index is -3.30. The summed E-state index contributed by atoms with van der Waals surface area (Å²) >= 11 is 5.69. The molecule has 1 atom stereocenters. The highest BCUT2D eigenvalue weighted by atomic mass is 35.5. The van der Waals surface area contributed by atoms with Crippen molar-refractivity contribution in [3.8, 4) is 0 Å². The molecule has 0 heterocycles. The topological polar surface area (TPSA) is 37.4 Å². The van der Waals surface area contributed by atoms with E-state index < -0.39 is 10.0 Å². The zero-order valence-corrected chi connectivity index (χ0v) is 12.6. The highest BCUT2D eigenvalue weighted by molar-refractivity contribution is 7.92. The highest BCUT2D eigenvalue weighted by Gasteiger charge is 2.23. The van der Waals surface area contributed by atoms with Gasteiger partial charge in [-0.25, -0.2) is 8.42 Å². The molecule has 0 saturated carbocycles. The number of sulfonamides is 1. The second-order valence-corrected chi connectivity index (χ2v) is 6.78. The van der Waals surface area contributed by atoms with Crippen molar-refractivity contribution in [2.45, 2.75) is 20.8 Å². The van der Waals surface area contributed by atoms with Crippen LogP contribution in [0.5, 0.6) is 0 Å². The minimum Gasteiger partial charge on any atom is -0.271 e. The summed E-state index contributed by atoms with van der Waals surface area (Å²) in [6, 6.07) is 7.50. The molecular formula is C13H20ClNO2S. The smallest absolute Gasteiger partial charge is 0.235 e. The molecule has 1 aromatic carbocycles. The van der Waals surface area contributed by atoms with Crippen LogP contribution in [0.25, 0.3) is 0 Å². The van der Waals surface area contributed by atoms with Gasteiger partial charge in [0.15, 0.2) is 0 Å². The van der Waals surface area contributed by atoms with E-state index in [1.165, 1.54) is 4.31 Å². The lowest BCUT2D eigenvalue weighted by atomic mass is 10.2. The number of anilines is 1. The van der Waals surface area contributed by atoms with Crippen molar-refractivity contribution in [2.24, 2.45) is 5.92 Å². The zero-order valence-electron chi connectivity index (χ0n) is 11.1. The highest BCUT2D eigenvalue weighted by Crippen LogP contribution is 2.20.